The van der Waals surface area contributed by atoms with Gasteiger partial charge >= 0.3 is 5.63 Å². The van der Waals surface area contributed by atoms with Gasteiger partial charge in [0.1, 0.15) is 11.3 Å². The first-order valence-electron chi connectivity index (χ1n) is 12.9. The Balaban J connectivity index is 1.30. The lowest BCUT2D eigenvalue weighted by molar-refractivity contribution is 0.417. The number of nitrogens with zero attached hydrogens (tertiary/aromatic N) is 2. The van der Waals surface area contributed by atoms with Crippen LogP contribution in [0.5, 0.6) is 5.75 Å². The fourth-order valence-electron chi connectivity index (χ4n) is 4.64. The highest BCUT2D eigenvalue weighted by Gasteiger charge is 2.15. The topological polar surface area (TPSA) is 67.6 Å². The van der Waals surface area contributed by atoms with Crippen molar-refractivity contribution in [1.82, 2.24) is 4.98 Å². The Labute approximate surface area is 236 Å². The molecule has 0 aliphatic rings. The SMILES string of the molecule is COc1ccccc1Nc1nc(-c2cc3ccc(N(Cc4ccccc4)Cc4ccccc4)cc3oc2=O)cs1. The predicted molar refractivity (Wildman–Crippen MR) is 163 cm³/mol. The second kappa shape index (κ2) is 11.5. The molecule has 0 saturated carbocycles. The minimum Gasteiger partial charge on any atom is -0.495 e. The smallest absolute Gasteiger partial charge is 0.345 e. The molecule has 0 amide bonds. The molecule has 198 valence electrons. The highest BCUT2D eigenvalue weighted by Crippen LogP contribution is 2.32. The molecule has 2 heterocycles. The van der Waals surface area contributed by atoms with Crippen molar-refractivity contribution in [3.63, 3.8) is 0 Å². The third-order valence-electron chi connectivity index (χ3n) is 6.65. The van der Waals surface area contributed by atoms with Crippen LogP contribution in [0.4, 0.5) is 16.5 Å². The van der Waals surface area contributed by atoms with Crippen LogP contribution in [0.1, 0.15) is 11.1 Å². The lowest BCUT2D eigenvalue weighted by Gasteiger charge is -2.25. The van der Waals surface area contributed by atoms with Gasteiger partial charge in [-0.15, -0.1) is 11.3 Å². The molecule has 2 aromatic heterocycles. The molecule has 1 N–H and O–H groups in total. The Morgan fingerprint density at radius 3 is 2.23 bits per heavy atom. The molecule has 0 fully saturated rings. The van der Waals surface area contributed by atoms with Crippen LogP contribution in [0.2, 0.25) is 0 Å². The quantitative estimate of drug-likeness (QED) is 0.186. The lowest BCUT2D eigenvalue weighted by atomic mass is 10.1. The van der Waals surface area contributed by atoms with Gasteiger partial charge in [0, 0.05) is 35.6 Å². The number of para-hydroxylation sites is 2. The van der Waals surface area contributed by atoms with Crippen molar-refractivity contribution < 1.29 is 9.15 Å². The van der Waals surface area contributed by atoms with Gasteiger partial charge in [-0.25, -0.2) is 9.78 Å². The van der Waals surface area contributed by atoms with Gasteiger partial charge < -0.3 is 19.4 Å². The number of anilines is 3. The summed E-state index contributed by atoms with van der Waals surface area (Å²) in [5.74, 6) is 0.717. The summed E-state index contributed by atoms with van der Waals surface area (Å²) in [6.07, 6.45) is 0. The number of nitrogens with one attached hydrogen (secondary N) is 1. The molecule has 7 heteroatoms. The summed E-state index contributed by atoms with van der Waals surface area (Å²) in [4.78, 5) is 20.0. The first-order chi connectivity index (χ1) is 19.7. The molecular weight excluding hydrogens is 518 g/mol. The van der Waals surface area contributed by atoms with Gasteiger partial charge in [0.2, 0.25) is 0 Å². The van der Waals surface area contributed by atoms with Crippen molar-refractivity contribution >= 4 is 38.8 Å². The Hall–Kier alpha value is -4.88. The van der Waals surface area contributed by atoms with Crippen LogP contribution in [-0.4, -0.2) is 12.1 Å². The van der Waals surface area contributed by atoms with Crippen LogP contribution in [-0.2, 0) is 13.1 Å². The number of rotatable bonds is 9. The Morgan fingerprint density at radius 2 is 1.52 bits per heavy atom. The van der Waals surface area contributed by atoms with E-state index in [1.807, 2.05) is 84.2 Å². The fourth-order valence-corrected chi connectivity index (χ4v) is 5.36. The summed E-state index contributed by atoms with van der Waals surface area (Å²) in [5, 5.41) is 6.62. The van der Waals surface area contributed by atoms with Crippen molar-refractivity contribution in [3.8, 4) is 17.0 Å². The summed E-state index contributed by atoms with van der Waals surface area (Å²) in [6, 6.07) is 36.2. The normalized spacial score (nSPS) is 10.9. The van der Waals surface area contributed by atoms with E-state index in [1.54, 1.807) is 7.11 Å². The number of benzene rings is 4. The molecule has 6 nitrogen and oxygen atoms in total. The number of hydrogen-bond donors (Lipinski definition) is 1. The molecule has 0 aliphatic heterocycles. The highest BCUT2D eigenvalue weighted by atomic mass is 32.1. The van der Waals surface area contributed by atoms with Crippen molar-refractivity contribution in [1.29, 1.82) is 0 Å². The van der Waals surface area contributed by atoms with Gasteiger partial charge in [-0.05, 0) is 41.5 Å². The number of aromatic nitrogens is 1. The Kier molecular flexibility index (Phi) is 7.28. The maximum Gasteiger partial charge on any atom is 0.345 e. The highest BCUT2D eigenvalue weighted by molar-refractivity contribution is 7.14. The van der Waals surface area contributed by atoms with E-state index >= 15 is 0 Å². The number of fused-ring (bicyclic) bond motifs is 1. The van der Waals surface area contributed by atoms with Crippen molar-refractivity contribution in [2.75, 3.05) is 17.3 Å². The number of thiazole rings is 1. The third kappa shape index (κ3) is 5.60. The molecule has 6 rings (SSSR count). The van der Waals surface area contributed by atoms with Gasteiger partial charge in [0.15, 0.2) is 5.13 Å². The minimum absolute atomic E-state index is 0.420. The van der Waals surface area contributed by atoms with Crippen LogP contribution in [0.15, 0.2) is 124 Å². The van der Waals surface area contributed by atoms with Crippen LogP contribution in [0, 0.1) is 0 Å². The Bertz CT molecular complexity index is 1760. The molecule has 40 heavy (non-hydrogen) atoms. The molecule has 0 saturated heterocycles. The molecule has 0 spiro atoms. The second-order valence-electron chi connectivity index (χ2n) is 9.36. The van der Waals surface area contributed by atoms with Gasteiger partial charge in [-0.2, -0.15) is 0 Å². The second-order valence-corrected chi connectivity index (χ2v) is 10.2. The van der Waals surface area contributed by atoms with Crippen LogP contribution >= 0.6 is 11.3 Å². The van der Waals surface area contributed by atoms with Gasteiger partial charge in [0.05, 0.1) is 24.1 Å². The first kappa shape index (κ1) is 25.4. The first-order valence-corrected chi connectivity index (χ1v) is 13.8. The Morgan fingerprint density at radius 1 is 0.850 bits per heavy atom. The zero-order valence-corrected chi connectivity index (χ0v) is 22.7. The van der Waals surface area contributed by atoms with E-state index in [4.69, 9.17) is 9.15 Å². The van der Waals surface area contributed by atoms with Crippen LogP contribution in [0.25, 0.3) is 22.2 Å². The summed E-state index contributed by atoms with van der Waals surface area (Å²) in [7, 11) is 1.63. The largest absolute Gasteiger partial charge is 0.495 e. The predicted octanol–water partition coefficient (Wildman–Crippen LogP) is 7.88. The molecule has 4 aromatic carbocycles. The van der Waals surface area contributed by atoms with Crippen molar-refractivity contribution in [2.45, 2.75) is 13.1 Å². The molecule has 6 aromatic rings. The minimum atomic E-state index is -0.420. The van der Waals surface area contributed by atoms with Gasteiger partial charge in [0.25, 0.3) is 0 Å². The molecule has 0 radical (unpaired) electrons. The fraction of sp³-hybridized carbons (Fsp3) is 0.0909. The average Bonchev–Trinajstić information content (AvgIpc) is 3.45. The van der Waals surface area contributed by atoms with Gasteiger partial charge in [-0.3, -0.25) is 0 Å². The third-order valence-corrected chi connectivity index (χ3v) is 7.40. The molecule has 0 bridgehead atoms. The number of methoxy groups -OCH3 is 1. The molecule has 0 atom stereocenters. The van der Waals surface area contributed by atoms with E-state index in [-0.39, 0.29) is 0 Å². The van der Waals surface area contributed by atoms with Crippen molar-refractivity contribution in [3.05, 3.63) is 136 Å². The van der Waals surface area contributed by atoms with E-state index in [0.717, 1.165) is 29.9 Å². The molecule has 0 unspecified atom stereocenters. The van der Waals surface area contributed by atoms with E-state index in [1.165, 1.54) is 22.5 Å². The lowest BCUT2D eigenvalue weighted by Crippen LogP contribution is -2.22. The zero-order valence-electron chi connectivity index (χ0n) is 21.9. The van der Waals surface area contributed by atoms with E-state index in [0.29, 0.717) is 27.7 Å². The summed E-state index contributed by atoms with van der Waals surface area (Å²) >= 11 is 1.42. The number of hydrogen-bond acceptors (Lipinski definition) is 7. The average molecular weight is 546 g/mol. The zero-order chi connectivity index (χ0) is 27.3. The summed E-state index contributed by atoms with van der Waals surface area (Å²) in [6.45, 7) is 1.45. The monoisotopic (exact) mass is 545 g/mol. The van der Waals surface area contributed by atoms with Crippen LogP contribution < -0.4 is 20.6 Å². The molecular formula is C33H27N3O3S. The van der Waals surface area contributed by atoms with Crippen LogP contribution in [0.3, 0.4) is 0 Å². The maximum atomic E-state index is 13.1. The van der Waals surface area contributed by atoms with E-state index in [2.05, 4.69) is 45.5 Å². The van der Waals surface area contributed by atoms with Crippen molar-refractivity contribution in [2.24, 2.45) is 0 Å². The van der Waals surface area contributed by atoms with E-state index in [9.17, 15) is 4.79 Å². The summed E-state index contributed by atoms with van der Waals surface area (Å²) < 4.78 is 11.3. The number of ether oxygens (including phenoxy) is 1. The maximum absolute atomic E-state index is 13.1. The standard InChI is InChI=1S/C33H27N3O3S/c1-38-30-15-9-8-14-28(30)34-33-35-29(22-40-33)27-18-25-16-17-26(19-31(25)39-32(27)37)36(20-23-10-4-2-5-11-23)21-24-12-6-3-7-13-24/h2-19,22H,20-21H2,1H3,(H,34,35). The van der Waals surface area contributed by atoms with Gasteiger partial charge in [-0.1, -0.05) is 72.8 Å². The summed E-state index contributed by atoms with van der Waals surface area (Å²) in [5.41, 5.74) is 5.31. The van der Waals surface area contributed by atoms with E-state index < -0.39 is 5.63 Å². The molecule has 0 aliphatic carbocycles.